The first-order chi connectivity index (χ1) is 16.0. The number of aliphatic imine (C=N–C) groups is 1. The summed E-state index contributed by atoms with van der Waals surface area (Å²) in [5, 5.41) is 11.6. The number of likely N-dealkylation sites (tertiary alicyclic amines) is 1. The zero-order valence-corrected chi connectivity index (χ0v) is 19.9. The molecule has 0 aliphatic carbocycles. The molecule has 11 nitrogen and oxygen atoms in total. The predicted octanol–water partition coefficient (Wildman–Crippen LogP) is -0.0579. The number of rotatable bonds is 10. The molecule has 1 aliphatic rings. The summed E-state index contributed by atoms with van der Waals surface area (Å²) in [6, 6.07) is 6.84. The van der Waals surface area contributed by atoms with Gasteiger partial charge >= 0.3 is 5.97 Å². The van der Waals surface area contributed by atoms with E-state index in [4.69, 9.17) is 17.2 Å². The summed E-state index contributed by atoms with van der Waals surface area (Å²) in [4.78, 5) is 51.5. The molecule has 0 radical (unpaired) electrons. The van der Waals surface area contributed by atoms with Crippen LogP contribution in [0.5, 0.6) is 0 Å². The van der Waals surface area contributed by atoms with Crippen molar-refractivity contribution in [1.82, 2.24) is 10.2 Å². The number of benzene rings is 1. The Hall–Kier alpha value is -3.18. The molecule has 0 aromatic heterocycles. The number of amides is 2. The topological polar surface area (TPSA) is 194 Å². The Morgan fingerprint density at radius 3 is 2.41 bits per heavy atom. The Kier molecular flexibility index (Phi) is 12.6. The van der Waals surface area contributed by atoms with Crippen LogP contribution in [-0.2, 0) is 25.6 Å². The number of hydrogen-bond donors (Lipinski definition) is 5. The summed E-state index contributed by atoms with van der Waals surface area (Å²) in [5.74, 6) is -2.01. The molecule has 2 rings (SSSR count). The number of hydrogen-bond acceptors (Lipinski definition) is 6. The maximum Gasteiger partial charge on any atom is 0.326 e. The lowest BCUT2D eigenvalue weighted by Gasteiger charge is -2.27. The van der Waals surface area contributed by atoms with Gasteiger partial charge in [-0.1, -0.05) is 30.3 Å². The van der Waals surface area contributed by atoms with E-state index < -0.39 is 30.0 Å². The first-order valence-corrected chi connectivity index (χ1v) is 11.2. The number of carbonyl (C=O) groups excluding carboxylic acids is 3. The van der Waals surface area contributed by atoms with Crippen molar-refractivity contribution < 1.29 is 24.3 Å². The highest BCUT2D eigenvalue weighted by atomic mass is 35.5. The van der Waals surface area contributed by atoms with Gasteiger partial charge in [0.1, 0.15) is 12.1 Å². The van der Waals surface area contributed by atoms with Crippen LogP contribution in [0.25, 0.3) is 0 Å². The largest absolute Gasteiger partial charge is 0.480 e. The Bertz CT molecular complexity index is 859. The van der Waals surface area contributed by atoms with Gasteiger partial charge < -0.3 is 32.5 Å². The van der Waals surface area contributed by atoms with E-state index >= 15 is 0 Å². The normalized spacial score (nSPS) is 16.4. The molecule has 3 atom stereocenters. The molecule has 1 aromatic carbocycles. The minimum Gasteiger partial charge on any atom is -0.480 e. The van der Waals surface area contributed by atoms with E-state index in [0.717, 1.165) is 5.56 Å². The highest BCUT2D eigenvalue weighted by molar-refractivity contribution is 6.62. The number of carboxylic acids is 1. The molecule has 0 saturated carbocycles. The third kappa shape index (κ3) is 10.6. The van der Waals surface area contributed by atoms with E-state index in [1.54, 1.807) is 0 Å². The lowest BCUT2D eigenvalue weighted by molar-refractivity contribution is -0.144. The fourth-order valence-corrected chi connectivity index (χ4v) is 3.50. The van der Waals surface area contributed by atoms with Crippen LogP contribution in [-0.4, -0.2) is 70.2 Å². The van der Waals surface area contributed by atoms with Crippen LogP contribution in [0.3, 0.4) is 0 Å². The van der Waals surface area contributed by atoms with Crippen molar-refractivity contribution in [2.45, 2.75) is 57.2 Å². The van der Waals surface area contributed by atoms with E-state index in [0.29, 0.717) is 32.2 Å². The van der Waals surface area contributed by atoms with Crippen LogP contribution in [0.15, 0.2) is 35.3 Å². The van der Waals surface area contributed by atoms with Gasteiger partial charge in [-0.05, 0) is 49.3 Å². The number of nitrogens with one attached hydrogen (secondary N) is 1. The zero-order chi connectivity index (χ0) is 25.7. The number of halogens is 1. The molecule has 1 heterocycles. The molecule has 1 aromatic rings. The third-order valence-electron chi connectivity index (χ3n) is 5.01. The minimum atomic E-state index is -1.15. The van der Waals surface area contributed by atoms with Crippen LogP contribution in [0.4, 0.5) is 0 Å². The fourth-order valence-electron chi connectivity index (χ4n) is 3.50. The number of nitrogens with two attached hydrogens (primary N) is 3. The smallest absolute Gasteiger partial charge is 0.326 e. The van der Waals surface area contributed by atoms with E-state index in [9.17, 15) is 24.3 Å². The average molecular weight is 497 g/mol. The molecule has 8 N–H and O–H groups in total. The Morgan fingerprint density at radius 2 is 1.85 bits per heavy atom. The van der Waals surface area contributed by atoms with Gasteiger partial charge in [0, 0.05) is 20.0 Å². The number of guanidine groups is 1. The monoisotopic (exact) mass is 496 g/mol. The quantitative estimate of drug-likeness (QED) is 0.128. The molecule has 12 heteroatoms. The van der Waals surface area contributed by atoms with Crippen LogP contribution in [0, 0.1) is 0 Å². The second-order valence-corrected chi connectivity index (χ2v) is 8.34. The number of nitrogens with zero attached hydrogens (tertiary/aromatic N) is 2. The van der Waals surface area contributed by atoms with Crippen molar-refractivity contribution in [3.63, 3.8) is 0 Å². The molecule has 3 unspecified atom stereocenters. The summed E-state index contributed by atoms with van der Waals surface area (Å²) in [5.41, 5.74) is 17.5. The van der Waals surface area contributed by atoms with E-state index in [-0.39, 0.29) is 30.1 Å². The van der Waals surface area contributed by atoms with E-state index in [2.05, 4.69) is 21.9 Å². The maximum atomic E-state index is 12.8. The third-order valence-corrected chi connectivity index (χ3v) is 5.01. The second-order valence-electron chi connectivity index (χ2n) is 7.80. The number of carboxylic acid groups (broad SMARTS) is 1. The van der Waals surface area contributed by atoms with Crippen LogP contribution < -0.4 is 22.5 Å². The summed E-state index contributed by atoms with van der Waals surface area (Å²) in [7, 11) is 0. The lowest BCUT2D eigenvalue weighted by Crippen LogP contribution is -2.54. The molecule has 0 spiro atoms. The molecular weight excluding hydrogens is 464 g/mol. The Labute approximate surface area is 203 Å². The van der Waals surface area contributed by atoms with Gasteiger partial charge in [-0.3, -0.25) is 19.4 Å². The van der Waals surface area contributed by atoms with Crippen molar-refractivity contribution >= 4 is 40.6 Å². The zero-order valence-electron chi connectivity index (χ0n) is 19.2. The van der Waals surface area contributed by atoms with Crippen molar-refractivity contribution in [2.24, 2.45) is 22.2 Å². The summed E-state index contributed by atoms with van der Waals surface area (Å²) in [6.45, 7) is 1.98. The van der Waals surface area contributed by atoms with E-state index in [1.165, 1.54) is 11.8 Å². The Morgan fingerprint density at radius 1 is 1.24 bits per heavy atom. The SMILES string of the molecule is CC(=O)Cl.NC(N)=NCCCC(NC(=O)C1CCCN1C(=O)C(N)Cc1ccccc1)C(=O)O. The molecule has 0 bridgehead atoms. The molecule has 1 fully saturated rings. The first kappa shape index (κ1) is 28.9. The van der Waals surface area contributed by atoms with Gasteiger partial charge in [0.25, 0.3) is 0 Å². The van der Waals surface area contributed by atoms with Crippen molar-refractivity contribution in [2.75, 3.05) is 13.1 Å². The van der Waals surface area contributed by atoms with Gasteiger partial charge in [-0.15, -0.1) is 0 Å². The average Bonchev–Trinajstić information content (AvgIpc) is 3.25. The number of aliphatic carboxylic acids is 1. The van der Waals surface area contributed by atoms with Gasteiger partial charge in [-0.25, -0.2) is 4.79 Å². The van der Waals surface area contributed by atoms with Crippen LogP contribution in [0.1, 0.15) is 38.2 Å². The lowest BCUT2D eigenvalue weighted by atomic mass is 10.0. The highest BCUT2D eigenvalue weighted by Gasteiger charge is 2.37. The van der Waals surface area contributed by atoms with Gasteiger partial charge in [-0.2, -0.15) is 0 Å². The maximum absolute atomic E-state index is 12.8. The molecule has 2 amide bonds. The summed E-state index contributed by atoms with van der Waals surface area (Å²) < 4.78 is 0. The molecule has 1 aliphatic heterocycles. The predicted molar refractivity (Wildman–Crippen MR) is 129 cm³/mol. The number of carbonyl (C=O) groups is 4. The van der Waals surface area contributed by atoms with Crippen molar-refractivity contribution in [3.8, 4) is 0 Å². The molecule has 188 valence electrons. The van der Waals surface area contributed by atoms with Gasteiger partial charge in [0.15, 0.2) is 5.96 Å². The standard InChI is InChI=1S/C20H30N6O4.C2H3ClO/c21-14(12-13-6-2-1-3-7-13)18(28)26-11-5-9-16(26)17(27)25-15(19(29)30)8-4-10-24-20(22)23;1-2(3)4/h1-3,6-7,14-16H,4-5,8-12,21H2,(H,25,27)(H,29,30)(H4,22,23,24);1H3. The summed E-state index contributed by atoms with van der Waals surface area (Å²) in [6.07, 6.45) is 2.06. The van der Waals surface area contributed by atoms with Crippen LogP contribution in [0.2, 0.25) is 0 Å². The van der Waals surface area contributed by atoms with Crippen molar-refractivity contribution in [3.05, 3.63) is 35.9 Å². The minimum absolute atomic E-state index is 0.0714. The summed E-state index contributed by atoms with van der Waals surface area (Å²) >= 11 is 4.64. The van der Waals surface area contributed by atoms with Crippen molar-refractivity contribution in [1.29, 1.82) is 0 Å². The fraction of sp³-hybridized carbons (Fsp3) is 0.500. The van der Waals surface area contributed by atoms with Crippen LogP contribution >= 0.6 is 11.6 Å². The first-order valence-electron chi connectivity index (χ1n) is 10.9. The second kappa shape index (κ2) is 14.9. The van der Waals surface area contributed by atoms with Gasteiger partial charge in [0.05, 0.1) is 6.04 Å². The molecular formula is C22H33ClN6O5. The molecule has 1 saturated heterocycles. The van der Waals surface area contributed by atoms with E-state index in [1.807, 2.05) is 30.3 Å². The Balaban J connectivity index is 0.00000133. The molecule has 34 heavy (non-hydrogen) atoms. The highest BCUT2D eigenvalue weighted by Crippen LogP contribution is 2.19. The van der Waals surface area contributed by atoms with Gasteiger partial charge in [0.2, 0.25) is 17.1 Å².